The van der Waals surface area contributed by atoms with Gasteiger partial charge in [-0.2, -0.15) is 0 Å². The van der Waals surface area contributed by atoms with Gasteiger partial charge in [0.25, 0.3) is 0 Å². The number of carbonyl (C=O) groups is 2. The second-order valence-corrected chi connectivity index (χ2v) is 5.92. The zero-order valence-electron chi connectivity index (χ0n) is 12.8. The van der Waals surface area contributed by atoms with Gasteiger partial charge in [-0.05, 0) is 35.2 Å². The minimum Gasteiger partial charge on any atom is -0.356 e. The number of benzene rings is 2. The number of rotatable bonds is 2. The lowest BCUT2D eigenvalue weighted by Gasteiger charge is -2.19. The van der Waals surface area contributed by atoms with E-state index in [1.54, 1.807) is 0 Å². The molecular weight excluding hydrogens is 292 g/mol. The number of aromatic nitrogens is 1. The third-order valence-corrected chi connectivity index (χ3v) is 4.52. The quantitative estimate of drug-likeness (QED) is 0.738. The van der Waals surface area contributed by atoms with Gasteiger partial charge in [-0.25, -0.2) is 0 Å². The molecule has 0 spiro atoms. The standard InChI is InChI=1S/C18H16N2O3/c1-2-10-3-5-12-11(9-10)4-7-14-16(12)17(20-23-14)13-6-8-15(21)19-18(13)22/h3-5,7,9,13H,2,6,8H2,1H3,(H,19,21,22)/t13-/m1/s1. The zero-order valence-corrected chi connectivity index (χ0v) is 12.8. The average molecular weight is 308 g/mol. The van der Waals surface area contributed by atoms with Crippen LogP contribution in [0.3, 0.4) is 0 Å². The molecule has 4 rings (SSSR count). The predicted octanol–water partition coefficient (Wildman–Crippen LogP) is 3.06. The van der Waals surface area contributed by atoms with Gasteiger partial charge in [0.15, 0.2) is 5.58 Å². The zero-order chi connectivity index (χ0) is 16.0. The molecule has 2 aromatic carbocycles. The van der Waals surface area contributed by atoms with Crippen LogP contribution in [0, 0.1) is 0 Å². The van der Waals surface area contributed by atoms with Gasteiger partial charge < -0.3 is 4.52 Å². The highest BCUT2D eigenvalue weighted by Crippen LogP contribution is 2.35. The van der Waals surface area contributed by atoms with Gasteiger partial charge in [-0.3, -0.25) is 14.9 Å². The van der Waals surface area contributed by atoms with Gasteiger partial charge in [0, 0.05) is 6.42 Å². The first-order valence-corrected chi connectivity index (χ1v) is 7.82. The molecule has 3 aromatic rings. The van der Waals surface area contributed by atoms with E-state index in [4.69, 9.17) is 4.52 Å². The van der Waals surface area contributed by atoms with Crippen molar-refractivity contribution in [3.05, 3.63) is 41.6 Å². The maximum Gasteiger partial charge on any atom is 0.235 e. The molecule has 5 heteroatoms. The lowest BCUT2D eigenvalue weighted by atomic mass is 9.91. The highest BCUT2D eigenvalue weighted by Gasteiger charge is 2.32. The molecule has 0 aliphatic carbocycles. The Morgan fingerprint density at radius 1 is 1.26 bits per heavy atom. The Kier molecular flexibility index (Phi) is 3.15. The summed E-state index contributed by atoms with van der Waals surface area (Å²) in [6.07, 6.45) is 1.77. The molecule has 1 aliphatic heterocycles. The summed E-state index contributed by atoms with van der Waals surface area (Å²) in [5.41, 5.74) is 2.55. The molecule has 0 saturated carbocycles. The number of fused-ring (bicyclic) bond motifs is 3. The van der Waals surface area contributed by atoms with Crippen molar-refractivity contribution in [2.24, 2.45) is 0 Å². The second-order valence-electron chi connectivity index (χ2n) is 5.92. The Labute approximate surface area is 132 Å². The van der Waals surface area contributed by atoms with Gasteiger partial charge in [0.1, 0.15) is 5.69 Å². The first kappa shape index (κ1) is 13.9. The topological polar surface area (TPSA) is 72.2 Å². The van der Waals surface area contributed by atoms with Crippen LogP contribution in [0.25, 0.3) is 21.7 Å². The summed E-state index contributed by atoms with van der Waals surface area (Å²) in [4.78, 5) is 23.5. The van der Waals surface area contributed by atoms with Crippen molar-refractivity contribution in [1.29, 1.82) is 0 Å². The summed E-state index contributed by atoms with van der Waals surface area (Å²) in [6.45, 7) is 2.12. The lowest BCUT2D eigenvalue weighted by molar-refractivity contribution is -0.134. The second kappa shape index (κ2) is 5.19. The number of amides is 2. The monoisotopic (exact) mass is 308 g/mol. The molecule has 1 atom stereocenters. The third kappa shape index (κ3) is 2.20. The molecule has 1 aliphatic rings. The smallest absolute Gasteiger partial charge is 0.235 e. The van der Waals surface area contributed by atoms with Crippen LogP contribution in [-0.4, -0.2) is 17.0 Å². The van der Waals surface area contributed by atoms with Crippen molar-refractivity contribution in [3.63, 3.8) is 0 Å². The first-order valence-electron chi connectivity index (χ1n) is 7.82. The average Bonchev–Trinajstić information content (AvgIpc) is 2.98. The van der Waals surface area contributed by atoms with E-state index in [1.807, 2.05) is 12.1 Å². The van der Waals surface area contributed by atoms with Gasteiger partial charge in [0.05, 0.1) is 11.3 Å². The molecule has 2 amide bonds. The summed E-state index contributed by atoms with van der Waals surface area (Å²) < 4.78 is 5.43. The minimum absolute atomic E-state index is 0.225. The molecule has 23 heavy (non-hydrogen) atoms. The van der Waals surface area contributed by atoms with E-state index >= 15 is 0 Å². The number of imide groups is 1. The van der Waals surface area contributed by atoms with Crippen LogP contribution >= 0.6 is 0 Å². The van der Waals surface area contributed by atoms with Crippen molar-refractivity contribution in [3.8, 4) is 0 Å². The van der Waals surface area contributed by atoms with Crippen LogP contribution < -0.4 is 5.32 Å². The van der Waals surface area contributed by atoms with Crippen molar-refractivity contribution in [2.75, 3.05) is 0 Å². The Balaban J connectivity index is 1.92. The van der Waals surface area contributed by atoms with Crippen molar-refractivity contribution < 1.29 is 14.1 Å². The fourth-order valence-electron chi connectivity index (χ4n) is 3.26. The molecule has 116 valence electrons. The van der Waals surface area contributed by atoms with E-state index < -0.39 is 5.92 Å². The molecule has 0 unspecified atom stereocenters. The molecule has 1 aromatic heterocycles. The van der Waals surface area contributed by atoms with Crippen LogP contribution in [0.2, 0.25) is 0 Å². The highest BCUT2D eigenvalue weighted by molar-refractivity contribution is 6.10. The summed E-state index contributed by atoms with van der Waals surface area (Å²) in [5.74, 6) is -0.958. The van der Waals surface area contributed by atoms with Gasteiger partial charge in [-0.15, -0.1) is 0 Å². The van der Waals surface area contributed by atoms with Gasteiger partial charge in [-0.1, -0.05) is 36.3 Å². The molecule has 0 radical (unpaired) electrons. The molecule has 0 bridgehead atoms. The Morgan fingerprint density at radius 3 is 2.91 bits per heavy atom. The first-order chi connectivity index (χ1) is 11.2. The summed E-state index contributed by atoms with van der Waals surface area (Å²) in [6, 6.07) is 10.2. The number of carbonyl (C=O) groups excluding carboxylic acids is 2. The number of nitrogens with one attached hydrogen (secondary N) is 1. The normalized spacial score (nSPS) is 18.6. The fourth-order valence-corrected chi connectivity index (χ4v) is 3.26. The Bertz CT molecular complexity index is 942. The lowest BCUT2D eigenvalue weighted by Crippen LogP contribution is -2.39. The van der Waals surface area contributed by atoms with Gasteiger partial charge in [0.2, 0.25) is 11.8 Å². The maximum atomic E-state index is 12.2. The predicted molar refractivity (Wildman–Crippen MR) is 86.0 cm³/mol. The van der Waals surface area contributed by atoms with Gasteiger partial charge >= 0.3 is 0 Å². The van der Waals surface area contributed by atoms with E-state index in [2.05, 4.69) is 35.6 Å². The Morgan fingerprint density at radius 2 is 2.13 bits per heavy atom. The van der Waals surface area contributed by atoms with Crippen molar-refractivity contribution in [1.82, 2.24) is 10.5 Å². The van der Waals surface area contributed by atoms with E-state index in [-0.39, 0.29) is 11.8 Å². The van der Waals surface area contributed by atoms with E-state index in [9.17, 15) is 9.59 Å². The highest BCUT2D eigenvalue weighted by atomic mass is 16.5. The molecule has 5 nitrogen and oxygen atoms in total. The van der Waals surface area contributed by atoms with Crippen LogP contribution in [0.4, 0.5) is 0 Å². The maximum absolute atomic E-state index is 12.2. The van der Waals surface area contributed by atoms with Crippen LogP contribution in [0.1, 0.15) is 36.9 Å². The number of nitrogens with zero attached hydrogens (tertiary/aromatic N) is 1. The van der Waals surface area contributed by atoms with E-state index in [0.29, 0.717) is 24.1 Å². The summed E-state index contributed by atoms with van der Waals surface area (Å²) in [5, 5.41) is 9.54. The molecular formula is C18H16N2O3. The van der Waals surface area contributed by atoms with E-state index in [0.717, 1.165) is 22.6 Å². The third-order valence-electron chi connectivity index (χ3n) is 4.52. The minimum atomic E-state index is -0.439. The van der Waals surface area contributed by atoms with Crippen LogP contribution in [0.15, 0.2) is 34.9 Å². The SMILES string of the molecule is CCc1ccc2c(ccc3onc([C@H]4CCC(=O)NC4=O)c32)c1. The molecule has 1 N–H and O–H groups in total. The van der Waals surface area contributed by atoms with Crippen molar-refractivity contribution >= 4 is 33.6 Å². The Hall–Kier alpha value is -2.69. The largest absolute Gasteiger partial charge is 0.356 e. The summed E-state index contributed by atoms with van der Waals surface area (Å²) in [7, 11) is 0. The number of hydrogen-bond acceptors (Lipinski definition) is 4. The molecule has 1 fully saturated rings. The fraction of sp³-hybridized carbons (Fsp3) is 0.278. The number of piperidine rings is 1. The number of hydrogen-bond donors (Lipinski definition) is 1. The molecule has 2 heterocycles. The molecule has 1 saturated heterocycles. The number of aryl methyl sites for hydroxylation is 1. The van der Waals surface area contributed by atoms with E-state index in [1.165, 1.54) is 5.56 Å². The summed E-state index contributed by atoms with van der Waals surface area (Å²) >= 11 is 0. The van der Waals surface area contributed by atoms with Crippen molar-refractivity contribution in [2.45, 2.75) is 32.1 Å². The van der Waals surface area contributed by atoms with Crippen LogP contribution in [0.5, 0.6) is 0 Å². The van der Waals surface area contributed by atoms with Crippen LogP contribution in [-0.2, 0) is 16.0 Å².